The molecule has 2 atom stereocenters. The van der Waals surface area contributed by atoms with Crippen LogP contribution >= 0.6 is 0 Å². The van der Waals surface area contributed by atoms with E-state index in [0.29, 0.717) is 5.69 Å². The first-order valence-corrected chi connectivity index (χ1v) is 13.6. The van der Waals surface area contributed by atoms with Gasteiger partial charge in [-0.05, 0) is 60.7 Å². The Balaban J connectivity index is 1.51. The molecule has 3 nitrogen and oxygen atoms in total. The molecule has 1 aromatic heterocycles. The minimum Gasteiger partial charge on any atom is -0.429 e. The lowest BCUT2D eigenvalue weighted by atomic mass is 10.1. The molecule has 0 fully saturated rings. The molecular formula is C33H20F11NO2. The van der Waals surface area contributed by atoms with Gasteiger partial charge in [-0.25, -0.2) is 31.3 Å². The average molecular weight is 672 g/mol. The number of rotatable bonds is 7. The molecule has 2 unspecified atom stereocenters. The van der Waals surface area contributed by atoms with Crippen LogP contribution in [0.25, 0.3) is 0 Å². The van der Waals surface area contributed by atoms with Gasteiger partial charge in [0, 0.05) is 23.4 Å². The van der Waals surface area contributed by atoms with Crippen molar-refractivity contribution in [1.29, 1.82) is 0 Å². The van der Waals surface area contributed by atoms with Crippen LogP contribution in [0.5, 0.6) is 0 Å². The van der Waals surface area contributed by atoms with Gasteiger partial charge >= 0.3 is 12.5 Å². The number of ether oxygens (including phenoxy) is 2. The van der Waals surface area contributed by atoms with Gasteiger partial charge < -0.3 is 4.74 Å². The Morgan fingerprint density at radius 2 is 1.40 bits per heavy atom. The summed E-state index contributed by atoms with van der Waals surface area (Å²) in [6, 6.07) is 5.75. The summed E-state index contributed by atoms with van der Waals surface area (Å²) in [5.74, 6) is -0.391. The highest BCUT2D eigenvalue weighted by atomic mass is 19.4. The van der Waals surface area contributed by atoms with E-state index in [2.05, 4.69) is 33.2 Å². The Morgan fingerprint density at radius 3 is 1.94 bits per heavy atom. The van der Waals surface area contributed by atoms with Gasteiger partial charge in [-0.1, -0.05) is 37.2 Å². The smallest absolute Gasteiger partial charge is 0.429 e. The highest BCUT2D eigenvalue weighted by Crippen LogP contribution is 2.39. The molecule has 1 heterocycles. The summed E-state index contributed by atoms with van der Waals surface area (Å²) in [4.78, 5) is 4.18. The zero-order chi connectivity index (χ0) is 34.5. The maximum absolute atomic E-state index is 14.7. The highest BCUT2D eigenvalue weighted by molar-refractivity contribution is 5.49. The minimum atomic E-state index is -5.47. The molecule has 246 valence electrons. The van der Waals surface area contributed by atoms with Gasteiger partial charge in [0.2, 0.25) is 0 Å². The Morgan fingerprint density at radius 1 is 0.809 bits per heavy atom. The lowest BCUT2D eigenvalue weighted by molar-refractivity contribution is -0.343. The zero-order valence-electron chi connectivity index (χ0n) is 23.9. The van der Waals surface area contributed by atoms with Gasteiger partial charge in [-0.3, -0.25) is 4.74 Å². The van der Waals surface area contributed by atoms with Crippen LogP contribution < -0.4 is 0 Å². The number of nitrogens with zero attached hydrogens (tertiary/aromatic N) is 1. The van der Waals surface area contributed by atoms with Crippen LogP contribution in [0.1, 0.15) is 53.3 Å². The number of hydrogen-bond acceptors (Lipinski definition) is 3. The van der Waals surface area contributed by atoms with Crippen molar-refractivity contribution in [2.24, 2.45) is 0 Å². The Bertz CT molecular complexity index is 1780. The first-order chi connectivity index (χ1) is 22.1. The molecule has 0 bridgehead atoms. The third-order valence-corrected chi connectivity index (χ3v) is 6.36. The van der Waals surface area contributed by atoms with Crippen molar-refractivity contribution in [2.45, 2.75) is 50.9 Å². The molecule has 14 heteroatoms. The van der Waals surface area contributed by atoms with E-state index in [9.17, 15) is 48.3 Å². The van der Waals surface area contributed by atoms with E-state index < -0.39 is 76.3 Å². The van der Waals surface area contributed by atoms with Crippen LogP contribution in [-0.2, 0) is 22.0 Å². The topological polar surface area (TPSA) is 31.4 Å². The summed E-state index contributed by atoms with van der Waals surface area (Å²) in [6.07, 6.45) is -11.8. The van der Waals surface area contributed by atoms with Gasteiger partial charge in [-0.15, -0.1) is 13.2 Å². The molecule has 0 saturated heterocycles. The fourth-order valence-electron chi connectivity index (χ4n) is 4.18. The number of benzene rings is 2. The summed E-state index contributed by atoms with van der Waals surface area (Å²) in [6.45, 7) is 2.05. The van der Waals surface area contributed by atoms with E-state index >= 15 is 0 Å². The Labute approximate surface area is 260 Å². The maximum atomic E-state index is 14.7. The molecule has 3 aromatic rings. The zero-order valence-corrected chi connectivity index (χ0v) is 23.9. The maximum Gasteiger partial charge on any atom is 0.523 e. The van der Waals surface area contributed by atoms with Crippen LogP contribution in [0.3, 0.4) is 0 Å². The van der Waals surface area contributed by atoms with E-state index in [1.807, 2.05) is 17.9 Å². The lowest BCUT2D eigenvalue weighted by Gasteiger charge is -2.26. The number of pyridine rings is 1. The van der Waals surface area contributed by atoms with Crippen LogP contribution in [0.2, 0.25) is 0 Å². The second-order valence-electron chi connectivity index (χ2n) is 9.93. The van der Waals surface area contributed by atoms with Crippen LogP contribution in [-0.4, -0.2) is 23.6 Å². The van der Waals surface area contributed by atoms with Crippen molar-refractivity contribution in [3.8, 4) is 23.7 Å². The number of alkyl halides is 6. The number of aryl methyl sites for hydroxylation is 1. The predicted molar refractivity (Wildman–Crippen MR) is 146 cm³/mol. The van der Waals surface area contributed by atoms with Crippen molar-refractivity contribution >= 4 is 0 Å². The molecule has 0 saturated carbocycles. The second kappa shape index (κ2) is 14.3. The van der Waals surface area contributed by atoms with Crippen LogP contribution in [0.15, 0.2) is 66.3 Å². The summed E-state index contributed by atoms with van der Waals surface area (Å²) >= 11 is 0. The number of allylic oxidation sites excluding steroid dienone is 1. The van der Waals surface area contributed by atoms with Gasteiger partial charge in [0.1, 0.15) is 46.1 Å². The van der Waals surface area contributed by atoms with Gasteiger partial charge in [0.05, 0.1) is 5.56 Å². The Hall–Kier alpha value is -4.82. The number of unbranched alkanes of at least 4 members (excludes halogenated alkanes) is 1. The van der Waals surface area contributed by atoms with Crippen molar-refractivity contribution in [2.75, 3.05) is 0 Å². The summed E-state index contributed by atoms with van der Waals surface area (Å²) in [7, 11) is 0. The van der Waals surface area contributed by atoms with Gasteiger partial charge in [-0.2, -0.15) is 8.78 Å². The molecular weight excluding hydrogens is 651 g/mol. The molecule has 4 rings (SSSR count). The fraction of sp³-hybridized carbons (Fsp3) is 0.242. The van der Waals surface area contributed by atoms with Crippen LogP contribution in [0.4, 0.5) is 48.3 Å². The third kappa shape index (κ3) is 9.14. The summed E-state index contributed by atoms with van der Waals surface area (Å²) < 4.78 is 160. The average Bonchev–Trinajstić information content (AvgIpc) is 2.96. The molecule has 2 aromatic carbocycles. The normalized spacial score (nSPS) is 16.3. The predicted octanol–water partition coefficient (Wildman–Crippen LogP) is 8.84. The summed E-state index contributed by atoms with van der Waals surface area (Å²) in [5.41, 5.74) is -2.22. The van der Waals surface area contributed by atoms with Gasteiger partial charge in [0.15, 0.2) is 12.3 Å². The molecule has 0 spiro atoms. The SMILES string of the molecule is CCCCc1ccc(C#Cc2cc(F)c(C#Cc3cc(F)c(C(F)(F)OC4=CC(F)C(OC(F)(F)F)C(F)=C4)c(F)c3)c(F)c2)nc1. The Kier molecular flexibility index (Phi) is 10.7. The fourth-order valence-corrected chi connectivity index (χ4v) is 4.18. The van der Waals surface area contributed by atoms with Crippen molar-refractivity contribution < 1.29 is 57.8 Å². The van der Waals surface area contributed by atoms with Crippen molar-refractivity contribution in [3.05, 3.63) is 123 Å². The summed E-state index contributed by atoms with van der Waals surface area (Å²) in [5, 5.41) is 0. The number of aromatic nitrogens is 1. The monoisotopic (exact) mass is 671 g/mol. The number of halogens is 11. The first-order valence-electron chi connectivity index (χ1n) is 13.6. The van der Waals surface area contributed by atoms with Gasteiger partial charge in [0.25, 0.3) is 0 Å². The molecule has 0 aliphatic heterocycles. The van der Waals surface area contributed by atoms with Crippen molar-refractivity contribution in [3.63, 3.8) is 0 Å². The van der Waals surface area contributed by atoms with E-state index in [-0.39, 0.29) is 29.8 Å². The number of hydrogen-bond donors (Lipinski definition) is 0. The molecule has 1 aliphatic rings. The first kappa shape index (κ1) is 35.0. The molecule has 0 N–H and O–H groups in total. The van der Waals surface area contributed by atoms with E-state index in [1.165, 1.54) is 0 Å². The van der Waals surface area contributed by atoms with E-state index in [1.54, 1.807) is 12.3 Å². The molecule has 1 aliphatic carbocycles. The van der Waals surface area contributed by atoms with Crippen LogP contribution in [0, 0.1) is 47.0 Å². The molecule has 0 amide bonds. The second-order valence-corrected chi connectivity index (χ2v) is 9.93. The largest absolute Gasteiger partial charge is 0.523 e. The third-order valence-electron chi connectivity index (χ3n) is 6.36. The molecule has 0 radical (unpaired) electrons. The minimum absolute atomic E-state index is 0.00840. The quantitative estimate of drug-likeness (QED) is 0.186. The highest BCUT2D eigenvalue weighted by Gasteiger charge is 2.45. The van der Waals surface area contributed by atoms with E-state index in [4.69, 9.17) is 0 Å². The van der Waals surface area contributed by atoms with E-state index in [0.717, 1.165) is 37.0 Å². The van der Waals surface area contributed by atoms with Crippen molar-refractivity contribution in [1.82, 2.24) is 4.98 Å². The standard InChI is InChI=1S/C33H20F11NO2/c1-2-3-4-18-5-8-21(45-17-18)9-6-19-11-24(34)23(25(35)12-19)10-7-20-13-26(36)30(27(37)14-20)32(40,41)46-22-15-28(38)31(29(39)16-22)47-33(42,43)44/h5,8,11-17,28,31H,2-4H2,1H3. The lowest BCUT2D eigenvalue weighted by Crippen LogP contribution is -2.34. The molecule has 47 heavy (non-hydrogen) atoms.